The van der Waals surface area contributed by atoms with Gasteiger partial charge in [0.05, 0.1) is 0 Å². The summed E-state index contributed by atoms with van der Waals surface area (Å²) in [6.45, 7) is 26.7. The lowest BCUT2D eigenvalue weighted by molar-refractivity contribution is 0.0499. The summed E-state index contributed by atoms with van der Waals surface area (Å²) < 4.78 is 0. The fourth-order valence-corrected chi connectivity index (χ4v) is 4.75. The molecule has 1 aliphatic rings. The lowest BCUT2D eigenvalue weighted by atomic mass is 9.58. The van der Waals surface area contributed by atoms with E-state index in [1.807, 2.05) is 0 Å². The summed E-state index contributed by atoms with van der Waals surface area (Å²) >= 11 is 0. The second-order valence-corrected chi connectivity index (χ2v) is 9.71. The van der Waals surface area contributed by atoms with Crippen molar-refractivity contribution in [3.63, 3.8) is 0 Å². The fourth-order valence-electron chi connectivity index (χ4n) is 4.75. The maximum absolute atomic E-state index is 4.44. The highest BCUT2D eigenvalue weighted by atomic mass is 14.5. The second-order valence-electron chi connectivity index (χ2n) is 9.71. The quantitative estimate of drug-likeness (QED) is 0.244. The van der Waals surface area contributed by atoms with Gasteiger partial charge < -0.3 is 0 Å². The van der Waals surface area contributed by atoms with Gasteiger partial charge in [0.25, 0.3) is 0 Å². The molecule has 1 rings (SSSR count). The molecule has 0 nitrogen and oxygen atoms in total. The highest BCUT2D eigenvalue weighted by Crippen LogP contribution is 2.51. The first-order valence-corrected chi connectivity index (χ1v) is 9.45. The zero-order valence-corrected chi connectivity index (χ0v) is 16.7. The van der Waals surface area contributed by atoms with E-state index in [2.05, 4.69) is 61.3 Å². The first-order chi connectivity index (χ1) is 10.4. The van der Waals surface area contributed by atoms with Crippen molar-refractivity contribution in [3.05, 3.63) is 36.5 Å². The van der Waals surface area contributed by atoms with Gasteiger partial charge in [-0.15, -0.1) is 0 Å². The van der Waals surface area contributed by atoms with E-state index in [1.54, 1.807) is 0 Å². The van der Waals surface area contributed by atoms with Crippen LogP contribution in [-0.4, -0.2) is 0 Å². The van der Waals surface area contributed by atoms with Gasteiger partial charge in [-0.1, -0.05) is 71.1 Å². The maximum atomic E-state index is 4.44. The number of hydrogen-bond donors (Lipinski definition) is 0. The predicted octanol–water partition coefficient (Wildman–Crippen LogP) is 7.72. The third kappa shape index (κ3) is 6.69. The Balaban J connectivity index is 2.47. The topological polar surface area (TPSA) is 0 Å². The van der Waals surface area contributed by atoms with Crippen LogP contribution in [0.4, 0.5) is 0 Å². The number of unbranched alkanes of at least 4 members (excludes halogenated alkanes) is 1. The van der Waals surface area contributed by atoms with Gasteiger partial charge >= 0.3 is 0 Å². The molecule has 0 aromatic heterocycles. The third-order valence-electron chi connectivity index (χ3n) is 5.77. The van der Waals surface area contributed by atoms with E-state index in [4.69, 9.17) is 0 Å². The number of rotatable bonds is 8. The van der Waals surface area contributed by atoms with Crippen LogP contribution in [0.25, 0.3) is 0 Å². The minimum atomic E-state index is 0.472. The Morgan fingerprint density at radius 2 is 1.43 bits per heavy atom. The normalized spacial score (nSPS) is 21.7. The summed E-state index contributed by atoms with van der Waals surface area (Å²) in [6.07, 6.45) is 8.74. The Morgan fingerprint density at radius 1 is 0.957 bits per heavy atom. The molecule has 1 unspecified atom stereocenters. The molecule has 0 aromatic rings. The van der Waals surface area contributed by atoms with Crippen LogP contribution in [0.2, 0.25) is 0 Å². The minimum absolute atomic E-state index is 0.472. The van der Waals surface area contributed by atoms with E-state index in [0.29, 0.717) is 16.7 Å². The third-order valence-corrected chi connectivity index (χ3v) is 5.77. The molecule has 0 saturated heterocycles. The van der Waals surface area contributed by atoms with Gasteiger partial charge in [-0.25, -0.2) is 0 Å². The van der Waals surface area contributed by atoms with Crippen molar-refractivity contribution in [2.45, 2.75) is 86.5 Å². The summed E-state index contributed by atoms with van der Waals surface area (Å²) in [4.78, 5) is 0. The van der Waals surface area contributed by atoms with Crippen LogP contribution in [0.5, 0.6) is 0 Å². The van der Waals surface area contributed by atoms with Crippen LogP contribution in [0, 0.1) is 22.7 Å². The fraction of sp³-hybridized carbons (Fsp3) is 0.739. The second kappa shape index (κ2) is 7.86. The molecule has 132 valence electrons. The van der Waals surface area contributed by atoms with Crippen molar-refractivity contribution in [2.24, 2.45) is 22.7 Å². The van der Waals surface area contributed by atoms with Gasteiger partial charge in [-0.05, 0) is 74.5 Å². The largest absolute Gasteiger partial charge is 0.0996 e. The van der Waals surface area contributed by atoms with E-state index in [0.717, 1.165) is 17.9 Å². The molecule has 0 amide bonds. The van der Waals surface area contributed by atoms with Crippen molar-refractivity contribution < 1.29 is 0 Å². The van der Waals surface area contributed by atoms with Gasteiger partial charge in [0, 0.05) is 0 Å². The average Bonchev–Trinajstić information content (AvgIpc) is 2.38. The first-order valence-electron chi connectivity index (χ1n) is 9.45. The molecule has 0 radical (unpaired) electrons. The Hall–Kier alpha value is -0.780. The molecular weight excluding hydrogens is 276 g/mol. The van der Waals surface area contributed by atoms with Crippen molar-refractivity contribution in [1.82, 2.24) is 0 Å². The van der Waals surface area contributed by atoms with Gasteiger partial charge in [0.2, 0.25) is 0 Å². The molecule has 0 aliphatic heterocycles. The maximum Gasteiger partial charge on any atom is -0.0206 e. The zero-order chi connectivity index (χ0) is 17.8. The molecule has 1 aliphatic carbocycles. The van der Waals surface area contributed by atoms with Crippen molar-refractivity contribution in [1.29, 1.82) is 0 Å². The van der Waals surface area contributed by atoms with Crippen LogP contribution in [0.1, 0.15) is 86.5 Å². The van der Waals surface area contributed by atoms with Gasteiger partial charge in [-0.3, -0.25) is 0 Å². The molecular formula is C23H40. The SMILES string of the molecule is C=C(C)C(=C)CCCCC(=C)C(C)C1CC(C)(C)CC(C)(C)C1. The molecule has 23 heavy (non-hydrogen) atoms. The van der Waals surface area contributed by atoms with Crippen LogP contribution < -0.4 is 0 Å². The molecule has 0 spiro atoms. The number of allylic oxidation sites excluding steroid dienone is 3. The highest BCUT2D eigenvalue weighted by molar-refractivity contribution is 5.22. The Kier molecular flexibility index (Phi) is 6.93. The summed E-state index contributed by atoms with van der Waals surface area (Å²) in [5, 5.41) is 0. The highest BCUT2D eigenvalue weighted by Gasteiger charge is 2.40. The summed E-state index contributed by atoms with van der Waals surface area (Å²) in [6, 6.07) is 0. The van der Waals surface area contributed by atoms with E-state index in [-0.39, 0.29) is 0 Å². The molecule has 1 fully saturated rings. The monoisotopic (exact) mass is 316 g/mol. The van der Waals surface area contributed by atoms with Gasteiger partial charge in [0.15, 0.2) is 0 Å². The van der Waals surface area contributed by atoms with Crippen molar-refractivity contribution >= 4 is 0 Å². The van der Waals surface area contributed by atoms with E-state index < -0.39 is 0 Å². The van der Waals surface area contributed by atoms with Crippen LogP contribution in [-0.2, 0) is 0 Å². The molecule has 0 bridgehead atoms. The Bertz CT molecular complexity index is 431. The van der Waals surface area contributed by atoms with Gasteiger partial charge in [-0.2, -0.15) is 0 Å². The average molecular weight is 317 g/mol. The first kappa shape index (κ1) is 20.3. The molecule has 0 heterocycles. The summed E-state index contributed by atoms with van der Waals surface area (Å²) in [5.41, 5.74) is 4.74. The van der Waals surface area contributed by atoms with Crippen LogP contribution in [0.3, 0.4) is 0 Å². The molecule has 1 saturated carbocycles. The minimum Gasteiger partial charge on any atom is -0.0996 e. The number of hydrogen-bond acceptors (Lipinski definition) is 0. The van der Waals surface area contributed by atoms with Crippen molar-refractivity contribution in [2.75, 3.05) is 0 Å². The molecule has 0 N–H and O–H groups in total. The predicted molar refractivity (Wildman–Crippen MR) is 106 cm³/mol. The van der Waals surface area contributed by atoms with Crippen LogP contribution in [0.15, 0.2) is 36.5 Å². The Labute approximate surface area is 146 Å². The van der Waals surface area contributed by atoms with E-state index >= 15 is 0 Å². The summed E-state index contributed by atoms with van der Waals surface area (Å²) in [7, 11) is 0. The lowest BCUT2D eigenvalue weighted by Crippen LogP contribution is -2.36. The van der Waals surface area contributed by atoms with E-state index in [1.165, 1.54) is 49.7 Å². The van der Waals surface area contributed by atoms with E-state index in [9.17, 15) is 0 Å². The molecule has 0 heteroatoms. The smallest absolute Gasteiger partial charge is 0.0206 e. The van der Waals surface area contributed by atoms with Gasteiger partial charge in [0.1, 0.15) is 0 Å². The lowest BCUT2D eigenvalue weighted by Gasteiger charge is -2.47. The molecule has 0 aromatic carbocycles. The standard InChI is InChI=1S/C23H40/c1-17(2)18(3)12-10-11-13-19(4)20(5)21-14-22(6,7)16-23(8,9)15-21/h20-21H,1,3-4,10-16H2,2,5-9H3. The van der Waals surface area contributed by atoms with Crippen molar-refractivity contribution in [3.8, 4) is 0 Å². The molecule has 1 atom stereocenters. The Morgan fingerprint density at radius 3 is 1.91 bits per heavy atom. The zero-order valence-electron chi connectivity index (χ0n) is 16.7. The summed E-state index contributed by atoms with van der Waals surface area (Å²) in [5.74, 6) is 1.45. The van der Waals surface area contributed by atoms with Crippen LogP contribution >= 0.6 is 0 Å².